The van der Waals surface area contributed by atoms with Gasteiger partial charge in [0.25, 0.3) is 5.91 Å². The summed E-state index contributed by atoms with van der Waals surface area (Å²) in [6.07, 6.45) is 4.68. The van der Waals surface area contributed by atoms with Crippen LogP contribution in [0, 0.1) is 6.92 Å². The zero-order valence-corrected chi connectivity index (χ0v) is 18.6. The Morgan fingerprint density at radius 3 is 2.37 bits per heavy atom. The summed E-state index contributed by atoms with van der Waals surface area (Å²) in [7, 11) is -3.46. The number of nitrogens with zero attached hydrogens (tertiary/aromatic N) is 2. The van der Waals surface area contributed by atoms with Crippen molar-refractivity contribution in [2.45, 2.75) is 32.7 Å². The summed E-state index contributed by atoms with van der Waals surface area (Å²) < 4.78 is 26.2. The van der Waals surface area contributed by atoms with Gasteiger partial charge < -0.3 is 10.2 Å². The predicted molar refractivity (Wildman–Crippen MR) is 121 cm³/mol. The molecule has 1 heterocycles. The lowest BCUT2D eigenvalue weighted by Gasteiger charge is -2.23. The molecular weight excluding hydrogens is 398 g/mol. The van der Waals surface area contributed by atoms with E-state index in [4.69, 9.17) is 0 Å². The second kappa shape index (κ2) is 10.1. The van der Waals surface area contributed by atoms with Gasteiger partial charge in [-0.15, -0.1) is 0 Å². The molecule has 2 aromatic carbocycles. The lowest BCUT2D eigenvalue weighted by atomic mass is 10.1. The fourth-order valence-corrected chi connectivity index (χ4v) is 4.61. The fourth-order valence-electron chi connectivity index (χ4n) is 3.73. The van der Waals surface area contributed by atoms with Crippen LogP contribution in [0.15, 0.2) is 48.5 Å². The number of benzene rings is 2. The first-order valence-electron chi connectivity index (χ1n) is 10.5. The highest BCUT2D eigenvalue weighted by molar-refractivity contribution is 7.92. The standard InChI is InChI=1S/C23H31N3O3S/c1-19-8-3-4-9-21(19)18-26(30(2,28)29)22-12-10-20(11-13-22)23(27)24-14-7-17-25-15-5-6-16-25/h3-4,8-13H,5-7,14-18H2,1-2H3,(H,24,27). The van der Waals surface area contributed by atoms with Crippen molar-refractivity contribution in [2.24, 2.45) is 0 Å². The van der Waals surface area contributed by atoms with E-state index in [1.54, 1.807) is 24.3 Å². The Morgan fingerprint density at radius 2 is 1.73 bits per heavy atom. The van der Waals surface area contributed by atoms with Crippen LogP contribution in [0.3, 0.4) is 0 Å². The number of rotatable bonds is 9. The molecular formula is C23H31N3O3S. The molecule has 3 rings (SSSR count). The summed E-state index contributed by atoms with van der Waals surface area (Å²) >= 11 is 0. The zero-order chi connectivity index (χ0) is 21.6. The summed E-state index contributed by atoms with van der Waals surface area (Å²) in [5.74, 6) is -0.132. The van der Waals surface area contributed by atoms with Crippen LogP contribution >= 0.6 is 0 Å². The summed E-state index contributed by atoms with van der Waals surface area (Å²) in [5, 5.41) is 2.95. The van der Waals surface area contributed by atoms with Gasteiger partial charge in [-0.25, -0.2) is 8.42 Å². The minimum Gasteiger partial charge on any atom is -0.352 e. The Kier molecular flexibility index (Phi) is 7.50. The van der Waals surface area contributed by atoms with Crippen LogP contribution < -0.4 is 9.62 Å². The molecule has 0 saturated carbocycles. The van der Waals surface area contributed by atoms with Crippen molar-refractivity contribution in [3.8, 4) is 0 Å². The number of hydrogen-bond donors (Lipinski definition) is 1. The van der Waals surface area contributed by atoms with Gasteiger partial charge in [0.1, 0.15) is 0 Å². The van der Waals surface area contributed by atoms with Gasteiger partial charge in [0, 0.05) is 12.1 Å². The molecule has 1 saturated heterocycles. The third-order valence-corrected chi connectivity index (χ3v) is 6.67. The molecule has 162 valence electrons. The lowest BCUT2D eigenvalue weighted by Crippen LogP contribution is -2.30. The number of likely N-dealkylation sites (tertiary alicyclic amines) is 1. The topological polar surface area (TPSA) is 69.7 Å². The number of aryl methyl sites for hydroxylation is 1. The highest BCUT2D eigenvalue weighted by atomic mass is 32.2. The van der Waals surface area contributed by atoms with Crippen molar-refractivity contribution < 1.29 is 13.2 Å². The molecule has 6 nitrogen and oxygen atoms in total. The fraction of sp³-hybridized carbons (Fsp3) is 0.435. The molecule has 0 aromatic heterocycles. The van der Waals surface area contributed by atoms with Crippen molar-refractivity contribution in [1.29, 1.82) is 0 Å². The number of nitrogens with one attached hydrogen (secondary N) is 1. The maximum absolute atomic E-state index is 12.4. The van der Waals surface area contributed by atoms with Crippen LogP contribution in [0.2, 0.25) is 0 Å². The van der Waals surface area contributed by atoms with Crippen molar-refractivity contribution in [3.05, 3.63) is 65.2 Å². The minimum absolute atomic E-state index is 0.132. The molecule has 1 aliphatic rings. The Morgan fingerprint density at radius 1 is 1.07 bits per heavy atom. The van der Waals surface area contributed by atoms with E-state index < -0.39 is 10.0 Å². The van der Waals surface area contributed by atoms with E-state index >= 15 is 0 Å². The van der Waals surface area contributed by atoms with Crippen LogP contribution in [0.4, 0.5) is 5.69 Å². The van der Waals surface area contributed by atoms with Gasteiger partial charge in [0.05, 0.1) is 18.5 Å². The molecule has 0 atom stereocenters. The molecule has 1 N–H and O–H groups in total. The van der Waals surface area contributed by atoms with Crippen molar-refractivity contribution in [2.75, 3.05) is 36.7 Å². The smallest absolute Gasteiger partial charge is 0.251 e. The number of amides is 1. The monoisotopic (exact) mass is 429 g/mol. The number of sulfonamides is 1. The second-order valence-corrected chi connectivity index (χ2v) is 9.81. The molecule has 30 heavy (non-hydrogen) atoms. The van der Waals surface area contributed by atoms with Gasteiger partial charge in [-0.1, -0.05) is 24.3 Å². The van der Waals surface area contributed by atoms with E-state index in [0.717, 1.165) is 37.2 Å². The summed E-state index contributed by atoms with van der Waals surface area (Å²) in [5.41, 5.74) is 3.06. The van der Waals surface area contributed by atoms with Crippen LogP contribution in [0.25, 0.3) is 0 Å². The first-order valence-corrected chi connectivity index (χ1v) is 12.3. The Bertz CT molecular complexity index is 952. The molecule has 1 fully saturated rings. The summed E-state index contributed by atoms with van der Waals surface area (Å²) in [6.45, 7) is 6.20. The van der Waals surface area contributed by atoms with Gasteiger partial charge in [-0.2, -0.15) is 0 Å². The number of carbonyl (C=O) groups excluding carboxylic acids is 1. The Balaban J connectivity index is 1.61. The summed E-state index contributed by atoms with van der Waals surface area (Å²) in [4.78, 5) is 14.8. The van der Waals surface area contributed by atoms with E-state index in [1.807, 2.05) is 31.2 Å². The van der Waals surface area contributed by atoms with E-state index in [2.05, 4.69) is 10.2 Å². The molecule has 2 aromatic rings. The minimum atomic E-state index is -3.46. The van der Waals surface area contributed by atoms with E-state index in [1.165, 1.54) is 23.4 Å². The highest BCUT2D eigenvalue weighted by Gasteiger charge is 2.19. The molecule has 1 amide bonds. The third kappa shape index (κ3) is 6.06. The van der Waals surface area contributed by atoms with Gasteiger partial charge in [-0.05, 0) is 81.2 Å². The first kappa shape index (κ1) is 22.3. The number of carbonyl (C=O) groups is 1. The Hall–Kier alpha value is -2.38. The van der Waals surface area contributed by atoms with Crippen LogP contribution in [-0.4, -0.2) is 51.7 Å². The number of hydrogen-bond acceptors (Lipinski definition) is 4. The van der Waals surface area contributed by atoms with Gasteiger partial charge >= 0.3 is 0 Å². The largest absolute Gasteiger partial charge is 0.352 e. The van der Waals surface area contributed by atoms with Crippen LogP contribution in [0.1, 0.15) is 40.7 Å². The van der Waals surface area contributed by atoms with Gasteiger partial charge in [-0.3, -0.25) is 9.10 Å². The second-order valence-electron chi connectivity index (χ2n) is 7.90. The molecule has 1 aliphatic heterocycles. The third-order valence-electron chi connectivity index (χ3n) is 5.53. The van der Waals surface area contributed by atoms with E-state index in [-0.39, 0.29) is 12.5 Å². The van der Waals surface area contributed by atoms with Crippen molar-refractivity contribution in [3.63, 3.8) is 0 Å². The predicted octanol–water partition coefficient (Wildman–Crippen LogP) is 3.18. The van der Waals surface area contributed by atoms with Crippen LogP contribution in [-0.2, 0) is 16.6 Å². The van der Waals surface area contributed by atoms with E-state index in [0.29, 0.717) is 17.8 Å². The molecule has 0 spiro atoms. The molecule has 0 bridgehead atoms. The maximum Gasteiger partial charge on any atom is 0.251 e. The average molecular weight is 430 g/mol. The quantitative estimate of drug-likeness (QED) is 0.622. The molecule has 0 unspecified atom stereocenters. The van der Waals surface area contributed by atoms with Crippen LogP contribution in [0.5, 0.6) is 0 Å². The average Bonchev–Trinajstić information content (AvgIpc) is 3.23. The lowest BCUT2D eigenvalue weighted by molar-refractivity contribution is 0.0952. The van der Waals surface area contributed by atoms with Crippen molar-refractivity contribution >= 4 is 21.6 Å². The number of anilines is 1. The molecule has 0 aliphatic carbocycles. The summed E-state index contributed by atoms with van der Waals surface area (Å²) in [6, 6.07) is 14.5. The molecule has 0 radical (unpaired) electrons. The van der Waals surface area contributed by atoms with Gasteiger partial charge in [0.2, 0.25) is 10.0 Å². The first-order chi connectivity index (χ1) is 14.3. The normalized spacial score (nSPS) is 14.6. The molecule has 7 heteroatoms. The highest BCUT2D eigenvalue weighted by Crippen LogP contribution is 2.22. The Labute approximate surface area is 179 Å². The van der Waals surface area contributed by atoms with E-state index in [9.17, 15) is 13.2 Å². The maximum atomic E-state index is 12.4. The zero-order valence-electron chi connectivity index (χ0n) is 17.8. The SMILES string of the molecule is Cc1ccccc1CN(c1ccc(C(=O)NCCCN2CCCC2)cc1)S(C)(=O)=O. The van der Waals surface area contributed by atoms with Gasteiger partial charge in [0.15, 0.2) is 0 Å². The van der Waals surface area contributed by atoms with Crippen molar-refractivity contribution in [1.82, 2.24) is 10.2 Å².